The molecule has 0 aliphatic carbocycles. The third kappa shape index (κ3) is 6.76. The minimum atomic E-state index is -3.79. The van der Waals surface area contributed by atoms with Crippen LogP contribution in [0, 0.1) is 13.8 Å². The highest BCUT2D eigenvalue weighted by Gasteiger charge is 2.25. The first-order valence-electron chi connectivity index (χ1n) is 9.26. The van der Waals surface area contributed by atoms with Crippen molar-refractivity contribution in [2.75, 3.05) is 19.1 Å². The number of hydrogen-bond acceptors (Lipinski definition) is 5. The summed E-state index contributed by atoms with van der Waals surface area (Å²) in [6.07, 6.45) is 2.32. The summed E-state index contributed by atoms with van der Waals surface area (Å²) in [6.45, 7) is 4.12. The fourth-order valence-corrected chi connectivity index (χ4v) is 4.44. The van der Waals surface area contributed by atoms with Gasteiger partial charge in [0, 0.05) is 6.54 Å². The molecular weight excluding hydrogens is 408 g/mol. The molecular formula is C21H28N2O4S2. The number of methoxy groups -OCH3 is 1. The van der Waals surface area contributed by atoms with Gasteiger partial charge in [0.25, 0.3) is 0 Å². The molecule has 29 heavy (non-hydrogen) atoms. The second kappa shape index (κ2) is 10.7. The summed E-state index contributed by atoms with van der Waals surface area (Å²) in [5, 5.41) is 2.83. The Morgan fingerprint density at radius 2 is 1.83 bits per heavy atom. The van der Waals surface area contributed by atoms with Gasteiger partial charge in [0.1, 0.15) is 11.8 Å². The van der Waals surface area contributed by atoms with Crippen LogP contribution in [0.5, 0.6) is 5.75 Å². The molecule has 6 nitrogen and oxygen atoms in total. The highest BCUT2D eigenvalue weighted by Crippen LogP contribution is 2.19. The van der Waals surface area contributed by atoms with E-state index in [0.29, 0.717) is 12.2 Å². The molecule has 2 aromatic carbocycles. The highest BCUT2D eigenvalue weighted by atomic mass is 32.2. The van der Waals surface area contributed by atoms with Gasteiger partial charge in [-0.3, -0.25) is 4.79 Å². The van der Waals surface area contributed by atoms with E-state index in [1.165, 1.54) is 0 Å². The molecule has 8 heteroatoms. The van der Waals surface area contributed by atoms with E-state index in [9.17, 15) is 13.2 Å². The number of sulfonamides is 1. The number of aryl methyl sites for hydroxylation is 2. The normalized spacial score (nSPS) is 12.4. The van der Waals surface area contributed by atoms with E-state index >= 15 is 0 Å². The van der Waals surface area contributed by atoms with Crippen molar-refractivity contribution in [3.05, 3.63) is 59.2 Å². The number of amides is 1. The van der Waals surface area contributed by atoms with Crippen molar-refractivity contribution < 1.29 is 17.9 Å². The number of rotatable bonds is 10. The fourth-order valence-electron chi connectivity index (χ4n) is 2.74. The number of benzene rings is 2. The van der Waals surface area contributed by atoms with Crippen molar-refractivity contribution >= 4 is 27.7 Å². The molecule has 1 unspecified atom stereocenters. The van der Waals surface area contributed by atoms with Crippen LogP contribution in [0.1, 0.15) is 23.1 Å². The molecule has 0 bridgehead atoms. The van der Waals surface area contributed by atoms with Gasteiger partial charge in [-0.25, -0.2) is 8.42 Å². The van der Waals surface area contributed by atoms with Crippen molar-refractivity contribution in [1.29, 1.82) is 0 Å². The van der Waals surface area contributed by atoms with E-state index in [1.54, 1.807) is 43.1 Å². The number of nitrogens with one attached hydrogen (secondary N) is 2. The highest BCUT2D eigenvalue weighted by molar-refractivity contribution is 7.98. The summed E-state index contributed by atoms with van der Waals surface area (Å²) in [6, 6.07) is 11.4. The van der Waals surface area contributed by atoms with Crippen LogP contribution >= 0.6 is 11.8 Å². The van der Waals surface area contributed by atoms with Gasteiger partial charge in [-0.05, 0) is 61.6 Å². The maximum absolute atomic E-state index is 12.7. The number of carbonyl (C=O) groups is 1. The zero-order valence-electron chi connectivity index (χ0n) is 17.2. The van der Waals surface area contributed by atoms with E-state index in [-0.39, 0.29) is 17.3 Å². The van der Waals surface area contributed by atoms with Crippen molar-refractivity contribution in [2.45, 2.75) is 37.8 Å². The minimum absolute atomic E-state index is 0.147. The molecule has 0 aliphatic heterocycles. The summed E-state index contributed by atoms with van der Waals surface area (Å²) < 4.78 is 33.3. The Hall–Kier alpha value is -2.03. The molecule has 0 saturated heterocycles. The Balaban J connectivity index is 2.10. The molecule has 1 amide bonds. The Bertz CT molecular complexity index is 928. The van der Waals surface area contributed by atoms with Gasteiger partial charge in [-0.2, -0.15) is 16.5 Å². The first-order chi connectivity index (χ1) is 13.8. The number of ether oxygens (including phenoxy) is 1. The molecule has 0 radical (unpaired) electrons. The predicted octanol–water partition coefficient (Wildman–Crippen LogP) is 3.03. The van der Waals surface area contributed by atoms with Crippen molar-refractivity contribution in [2.24, 2.45) is 0 Å². The van der Waals surface area contributed by atoms with E-state index in [4.69, 9.17) is 4.74 Å². The molecule has 1 atom stereocenters. The first kappa shape index (κ1) is 23.3. The molecule has 0 saturated carbocycles. The van der Waals surface area contributed by atoms with Crippen LogP contribution < -0.4 is 14.8 Å². The van der Waals surface area contributed by atoms with Crippen LogP contribution in [-0.4, -0.2) is 39.5 Å². The maximum Gasteiger partial charge on any atom is 0.241 e. The van der Waals surface area contributed by atoms with Crippen LogP contribution in [0.2, 0.25) is 0 Å². The Kier molecular flexibility index (Phi) is 8.55. The lowest BCUT2D eigenvalue weighted by Gasteiger charge is -2.18. The maximum atomic E-state index is 12.7. The van der Waals surface area contributed by atoms with Crippen molar-refractivity contribution in [1.82, 2.24) is 10.0 Å². The van der Waals surface area contributed by atoms with Gasteiger partial charge in [0.05, 0.1) is 12.0 Å². The lowest BCUT2D eigenvalue weighted by atomic mass is 10.1. The van der Waals surface area contributed by atoms with Gasteiger partial charge in [-0.1, -0.05) is 29.8 Å². The van der Waals surface area contributed by atoms with Crippen molar-refractivity contribution in [3.8, 4) is 5.75 Å². The molecule has 2 rings (SSSR count). The average Bonchev–Trinajstić information content (AvgIpc) is 2.70. The van der Waals surface area contributed by atoms with Crippen LogP contribution in [0.15, 0.2) is 47.4 Å². The van der Waals surface area contributed by atoms with Gasteiger partial charge in [0.15, 0.2) is 0 Å². The fraction of sp³-hybridized carbons (Fsp3) is 0.381. The van der Waals surface area contributed by atoms with Crippen LogP contribution in [-0.2, 0) is 21.4 Å². The zero-order valence-corrected chi connectivity index (χ0v) is 18.8. The quantitative estimate of drug-likeness (QED) is 0.598. The summed E-state index contributed by atoms with van der Waals surface area (Å²) in [4.78, 5) is 12.9. The molecule has 2 N–H and O–H groups in total. The van der Waals surface area contributed by atoms with Gasteiger partial charge < -0.3 is 10.1 Å². The predicted molar refractivity (Wildman–Crippen MR) is 118 cm³/mol. The minimum Gasteiger partial charge on any atom is -0.496 e. The Morgan fingerprint density at radius 1 is 1.14 bits per heavy atom. The largest absolute Gasteiger partial charge is 0.496 e. The second-order valence-corrected chi connectivity index (χ2v) is 9.49. The summed E-state index contributed by atoms with van der Waals surface area (Å²) in [7, 11) is -2.19. The standard InChI is InChI=1S/C21H28N2O4S2/c1-15-5-9-18(10-6-15)29(25,26)23-19(11-12-28-4)21(24)22-14-17-8-7-16(2)20(13-17)27-3/h5-10,13,19,23H,11-12,14H2,1-4H3,(H,22,24). The summed E-state index contributed by atoms with van der Waals surface area (Å²) >= 11 is 1.56. The molecule has 0 heterocycles. The van der Waals surface area contributed by atoms with E-state index < -0.39 is 16.1 Å². The monoisotopic (exact) mass is 436 g/mol. The molecule has 2 aromatic rings. The Morgan fingerprint density at radius 3 is 2.45 bits per heavy atom. The third-order valence-electron chi connectivity index (χ3n) is 4.50. The third-order valence-corrected chi connectivity index (χ3v) is 6.63. The molecule has 0 spiro atoms. The van der Waals surface area contributed by atoms with Crippen molar-refractivity contribution in [3.63, 3.8) is 0 Å². The van der Waals surface area contributed by atoms with Crippen LogP contribution in [0.25, 0.3) is 0 Å². The summed E-state index contributed by atoms with van der Waals surface area (Å²) in [5.41, 5.74) is 2.85. The molecule has 0 fully saturated rings. The zero-order chi connectivity index (χ0) is 21.4. The Labute approximate surface area is 177 Å². The first-order valence-corrected chi connectivity index (χ1v) is 12.1. The number of carbonyl (C=O) groups excluding carboxylic acids is 1. The molecule has 0 aliphatic rings. The van der Waals surface area contributed by atoms with Crippen LogP contribution in [0.4, 0.5) is 0 Å². The van der Waals surface area contributed by atoms with Gasteiger partial charge in [-0.15, -0.1) is 0 Å². The average molecular weight is 437 g/mol. The number of hydrogen-bond donors (Lipinski definition) is 2. The van der Waals surface area contributed by atoms with E-state index in [1.807, 2.05) is 38.3 Å². The van der Waals surface area contributed by atoms with Crippen LogP contribution in [0.3, 0.4) is 0 Å². The van der Waals surface area contributed by atoms with E-state index in [2.05, 4.69) is 10.0 Å². The smallest absolute Gasteiger partial charge is 0.241 e. The number of thioether (sulfide) groups is 1. The lowest BCUT2D eigenvalue weighted by molar-refractivity contribution is -0.122. The molecule has 158 valence electrons. The summed E-state index contributed by atoms with van der Waals surface area (Å²) in [5.74, 6) is 1.05. The SMILES string of the molecule is COc1cc(CNC(=O)C(CCSC)NS(=O)(=O)c2ccc(C)cc2)ccc1C. The van der Waals surface area contributed by atoms with Gasteiger partial charge in [0.2, 0.25) is 15.9 Å². The molecule has 0 aromatic heterocycles. The second-order valence-electron chi connectivity index (χ2n) is 6.79. The lowest BCUT2D eigenvalue weighted by Crippen LogP contribution is -2.46. The van der Waals surface area contributed by atoms with Gasteiger partial charge >= 0.3 is 0 Å². The van der Waals surface area contributed by atoms with E-state index in [0.717, 1.165) is 22.4 Å². The topological polar surface area (TPSA) is 84.5 Å².